The van der Waals surface area contributed by atoms with Crippen LogP contribution in [0.5, 0.6) is 0 Å². The van der Waals surface area contributed by atoms with Crippen molar-refractivity contribution in [3.63, 3.8) is 0 Å². The first kappa shape index (κ1) is 11.6. The molecule has 1 atom stereocenters. The molecule has 88 valence electrons. The van der Waals surface area contributed by atoms with Crippen LogP contribution in [0.15, 0.2) is 30.3 Å². The molecule has 0 spiro atoms. The van der Waals surface area contributed by atoms with Crippen LogP contribution in [-0.4, -0.2) is 26.1 Å². The first-order valence-corrected chi connectivity index (χ1v) is 5.76. The Morgan fingerprint density at radius 2 is 1.75 bits per heavy atom. The summed E-state index contributed by atoms with van der Waals surface area (Å²) in [6, 6.07) is 10.1. The van der Waals surface area contributed by atoms with E-state index in [-0.39, 0.29) is 11.9 Å². The third kappa shape index (κ3) is 2.12. The van der Waals surface area contributed by atoms with Crippen LogP contribution in [0, 0.1) is 0 Å². The van der Waals surface area contributed by atoms with E-state index in [1.807, 2.05) is 32.0 Å². The maximum Gasteiger partial charge on any atom is 0.193 e. The summed E-state index contributed by atoms with van der Waals surface area (Å²) in [4.78, 5) is 0. The molecular formula is C13H18O3. The Morgan fingerprint density at radius 3 is 2.19 bits per heavy atom. The number of epoxide rings is 1. The van der Waals surface area contributed by atoms with Gasteiger partial charge in [0.15, 0.2) is 11.9 Å². The first-order chi connectivity index (χ1) is 7.83. The van der Waals surface area contributed by atoms with E-state index in [0.29, 0.717) is 19.8 Å². The SMILES string of the molecule is CCOC(OCC)C1(c2ccccc2)CO1. The molecule has 1 saturated heterocycles. The van der Waals surface area contributed by atoms with Crippen molar-refractivity contribution in [3.8, 4) is 0 Å². The Hall–Kier alpha value is -0.900. The van der Waals surface area contributed by atoms with Crippen molar-refractivity contribution in [1.29, 1.82) is 0 Å². The second kappa shape index (κ2) is 4.95. The van der Waals surface area contributed by atoms with Crippen molar-refractivity contribution in [2.24, 2.45) is 0 Å². The largest absolute Gasteiger partial charge is 0.359 e. The Morgan fingerprint density at radius 1 is 1.19 bits per heavy atom. The van der Waals surface area contributed by atoms with Crippen LogP contribution in [0.1, 0.15) is 19.4 Å². The Kier molecular flexibility index (Phi) is 3.59. The van der Waals surface area contributed by atoms with E-state index in [0.717, 1.165) is 5.56 Å². The van der Waals surface area contributed by atoms with Gasteiger partial charge in [-0.1, -0.05) is 30.3 Å². The van der Waals surface area contributed by atoms with Crippen LogP contribution in [-0.2, 0) is 19.8 Å². The summed E-state index contributed by atoms with van der Waals surface area (Å²) in [6.07, 6.45) is -0.301. The molecule has 16 heavy (non-hydrogen) atoms. The molecule has 0 aromatic heterocycles. The summed E-state index contributed by atoms with van der Waals surface area (Å²) in [5.41, 5.74) is 0.745. The lowest BCUT2D eigenvalue weighted by atomic mass is 9.99. The van der Waals surface area contributed by atoms with E-state index in [2.05, 4.69) is 12.1 Å². The van der Waals surface area contributed by atoms with Crippen LogP contribution in [0.2, 0.25) is 0 Å². The lowest BCUT2D eigenvalue weighted by molar-refractivity contribution is -0.176. The highest BCUT2D eigenvalue weighted by atomic mass is 16.7. The predicted molar refractivity (Wildman–Crippen MR) is 61.1 cm³/mol. The lowest BCUT2D eigenvalue weighted by Gasteiger charge is -2.24. The van der Waals surface area contributed by atoms with E-state index in [9.17, 15) is 0 Å². The molecule has 2 rings (SSSR count). The number of rotatable bonds is 6. The molecule has 0 radical (unpaired) electrons. The molecule has 0 aliphatic carbocycles. The number of hydrogen-bond donors (Lipinski definition) is 0. The molecule has 1 unspecified atom stereocenters. The van der Waals surface area contributed by atoms with E-state index in [1.54, 1.807) is 0 Å². The monoisotopic (exact) mass is 222 g/mol. The Labute approximate surface area is 96.3 Å². The molecule has 3 heteroatoms. The average molecular weight is 222 g/mol. The average Bonchev–Trinajstić information content (AvgIpc) is 3.11. The van der Waals surface area contributed by atoms with Crippen LogP contribution in [0.25, 0.3) is 0 Å². The van der Waals surface area contributed by atoms with E-state index < -0.39 is 0 Å². The minimum Gasteiger partial charge on any atom is -0.359 e. The topological polar surface area (TPSA) is 31.0 Å². The summed E-state index contributed by atoms with van der Waals surface area (Å²) in [6.45, 7) is 5.85. The molecule has 0 N–H and O–H groups in total. The van der Waals surface area contributed by atoms with Gasteiger partial charge in [0, 0.05) is 13.2 Å². The lowest BCUT2D eigenvalue weighted by Crippen LogP contribution is -2.33. The third-order valence-electron chi connectivity index (χ3n) is 2.73. The summed E-state index contributed by atoms with van der Waals surface area (Å²) < 4.78 is 16.8. The highest BCUT2D eigenvalue weighted by Crippen LogP contribution is 2.43. The molecular weight excluding hydrogens is 204 g/mol. The molecule has 0 amide bonds. The molecule has 1 aromatic carbocycles. The summed E-state index contributed by atoms with van der Waals surface area (Å²) in [5.74, 6) is 0. The fraction of sp³-hybridized carbons (Fsp3) is 0.538. The molecule has 0 bridgehead atoms. The van der Waals surface area contributed by atoms with E-state index >= 15 is 0 Å². The highest BCUT2D eigenvalue weighted by molar-refractivity contribution is 5.27. The maximum atomic E-state index is 5.62. The van der Waals surface area contributed by atoms with Crippen LogP contribution >= 0.6 is 0 Å². The number of benzene rings is 1. The van der Waals surface area contributed by atoms with Crippen molar-refractivity contribution in [1.82, 2.24) is 0 Å². The second-order valence-electron chi connectivity index (χ2n) is 3.79. The smallest absolute Gasteiger partial charge is 0.193 e. The molecule has 1 aromatic rings. The van der Waals surface area contributed by atoms with Crippen LogP contribution < -0.4 is 0 Å². The fourth-order valence-corrected chi connectivity index (χ4v) is 1.86. The van der Waals surface area contributed by atoms with Crippen LogP contribution in [0.4, 0.5) is 0 Å². The zero-order chi connectivity index (χ0) is 11.4. The quantitative estimate of drug-likeness (QED) is 0.546. The summed E-state index contributed by atoms with van der Waals surface area (Å²) in [7, 11) is 0. The van der Waals surface area contributed by atoms with Gasteiger partial charge in [-0.2, -0.15) is 0 Å². The zero-order valence-electron chi connectivity index (χ0n) is 9.81. The summed E-state index contributed by atoms with van der Waals surface area (Å²) in [5, 5.41) is 0. The van der Waals surface area contributed by atoms with Gasteiger partial charge in [0.05, 0.1) is 6.61 Å². The standard InChI is InChI=1S/C13H18O3/c1-3-14-12(15-4-2)13(10-16-13)11-8-6-5-7-9-11/h5-9,12H,3-4,10H2,1-2H3. The van der Waals surface area contributed by atoms with E-state index in [1.165, 1.54) is 0 Å². The predicted octanol–water partition coefficient (Wildman–Crippen LogP) is 2.31. The van der Waals surface area contributed by atoms with Crippen molar-refractivity contribution in [2.45, 2.75) is 25.7 Å². The van der Waals surface area contributed by atoms with Gasteiger partial charge in [0.1, 0.15) is 0 Å². The molecule has 1 fully saturated rings. The van der Waals surface area contributed by atoms with Crippen molar-refractivity contribution < 1.29 is 14.2 Å². The van der Waals surface area contributed by atoms with Gasteiger partial charge in [0.2, 0.25) is 0 Å². The van der Waals surface area contributed by atoms with Crippen LogP contribution in [0.3, 0.4) is 0 Å². The van der Waals surface area contributed by atoms with Gasteiger partial charge in [-0.15, -0.1) is 0 Å². The Balaban J connectivity index is 2.17. The minimum absolute atomic E-state index is 0.301. The van der Waals surface area contributed by atoms with Gasteiger partial charge in [0.25, 0.3) is 0 Å². The minimum atomic E-state index is -0.382. The number of ether oxygens (including phenoxy) is 3. The van der Waals surface area contributed by atoms with Gasteiger partial charge in [-0.25, -0.2) is 0 Å². The normalized spacial score (nSPS) is 23.7. The van der Waals surface area contributed by atoms with E-state index in [4.69, 9.17) is 14.2 Å². The molecule has 1 aliphatic rings. The highest BCUT2D eigenvalue weighted by Gasteiger charge is 2.54. The third-order valence-corrected chi connectivity index (χ3v) is 2.73. The molecule has 1 heterocycles. The van der Waals surface area contributed by atoms with Crippen molar-refractivity contribution in [3.05, 3.63) is 35.9 Å². The van der Waals surface area contributed by atoms with Gasteiger partial charge < -0.3 is 14.2 Å². The number of hydrogen-bond acceptors (Lipinski definition) is 3. The van der Waals surface area contributed by atoms with Gasteiger partial charge >= 0.3 is 0 Å². The first-order valence-electron chi connectivity index (χ1n) is 5.76. The fourth-order valence-electron chi connectivity index (χ4n) is 1.86. The Bertz CT molecular complexity index is 313. The molecule has 3 nitrogen and oxygen atoms in total. The summed E-state index contributed by atoms with van der Waals surface area (Å²) >= 11 is 0. The maximum absolute atomic E-state index is 5.62. The van der Waals surface area contributed by atoms with Gasteiger partial charge in [-0.3, -0.25) is 0 Å². The molecule has 1 aliphatic heterocycles. The second-order valence-corrected chi connectivity index (χ2v) is 3.79. The van der Waals surface area contributed by atoms with Crippen molar-refractivity contribution >= 4 is 0 Å². The van der Waals surface area contributed by atoms with Crippen molar-refractivity contribution in [2.75, 3.05) is 19.8 Å². The zero-order valence-corrected chi connectivity index (χ0v) is 9.81. The molecule has 0 saturated carbocycles. The van der Waals surface area contributed by atoms with Gasteiger partial charge in [-0.05, 0) is 19.4 Å².